The van der Waals surface area contributed by atoms with Gasteiger partial charge in [-0.1, -0.05) is 12.1 Å². The van der Waals surface area contributed by atoms with E-state index in [2.05, 4.69) is 4.72 Å². The number of benzene rings is 1. The molecule has 1 N–H and O–H groups in total. The van der Waals surface area contributed by atoms with Crippen molar-refractivity contribution in [3.05, 3.63) is 35.6 Å². The van der Waals surface area contributed by atoms with E-state index < -0.39 is 10.0 Å². The van der Waals surface area contributed by atoms with Crippen LogP contribution in [0.25, 0.3) is 0 Å². The monoisotopic (exact) mass is 243 g/mol. The van der Waals surface area contributed by atoms with Crippen LogP contribution in [-0.4, -0.2) is 14.7 Å². The third-order valence-electron chi connectivity index (χ3n) is 2.66. The fraction of sp³-hybridized carbons (Fsp3) is 0.455. The second-order valence-electron chi connectivity index (χ2n) is 4.26. The normalized spacial score (nSPS) is 18.4. The smallest absolute Gasteiger partial charge is 0.209 e. The lowest BCUT2D eigenvalue weighted by atomic mass is 10.0. The molecule has 0 bridgehead atoms. The minimum atomic E-state index is -3.23. The molecule has 3 nitrogen and oxygen atoms in total. The zero-order valence-electron chi connectivity index (χ0n) is 8.98. The Kier molecular flexibility index (Phi) is 2.99. The van der Waals surface area contributed by atoms with Crippen LogP contribution in [0.1, 0.15) is 24.4 Å². The fourth-order valence-electron chi connectivity index (χ4n) is 1.77. The van der Waals surface area contributed by atoms with E-state index in [-0.39, 0.29) is 11.9 Å². The highest BCUT2D eigenvalue weighted by Gasteiger charge is 2.33. The zero-order chi connectivity index (χ0) is 11.8. The number of nitrogens with one attached hydrogen (secondary N) is 1. The third-order valence-corrected chi connectivity index (χ3v) is 3.35. The molecule has 1 saturated carbocycles. The van der Waals surface area contributed by atoms with E-state index in [1.165, 1.54) is 12.1 Å². The average Bonchev–Trinajstić information content (AvgIpc) is 2.97. The van der Waals surface area contributed by atoms with Gasteiger partial charge in [0.1, 0.15) is 5.82 Å². The van der Waals surface area contributed by atoms with Gasteiger partial charge in [0.25, 0.3) is 0 Å². The summed E-state index contributed by atoms with van der Waals surface area (Å²) in [5, 5.41) is 0. The van der Waals surface area contributed by atoms with Crippen molar-refractivity contribution in [2.45, 2.75) is 18.9 Å². The Morgan fingerprint density at radius 2 is 1.88 bits per heavy atom. The van der Waals surface area contributed by atoms with Crippen LogP contribution >= 0.6 is 0 Å². The summed E-state index contributed by atoms with van der Waals surface area (Å²) in [6.07, 6.45) is 3.18. The van der Waals surface area contributed by atoms with Crippen molar-refractivity contribution in [1.29, 1.82) is 0 Å². The van der Waals surface area contributed by atoms with Crippen molar-refractivity contribution in [2.24, 2.45) is 5.92 Å². The zero-order valence-corrected chi connectivity index (χ0v) is 9.80. The number of sulfonamides is 1. The number of hydrogen-bond donors (Lipinski definition) is 1. The van der Waals surface area contributed by atoms with Crippen LogP contribution in [0.15, 0.2) is 24.3 Å². The van der Waals surface area contributed by atoms with Crippen LogP contribution in [0, 0.1) is 11.7 Å². The Hall–Kier alpha value is -0.940. The van der Waals surface area contributed by atoms with Crippen LogP contribution in [0.3, 0.4) is 0 Å². The van der Waals surface area contributed by atoms with Gasteiger partial charge in [-0.3, -0.25) is 0 Å². The van der Waals surface area contributed by atoms with Gasteiger partial charge >= 0.3 is 0 Å². The van der Waals surface area contributed by atoms with Crippen LogP contribution < -0.4 is 4.72 Å². The van der Waals surface area contributed by atoms with Gasteiger partial charge in [0.05, 0.1) is 6.26 Å². The first-order valence-electron chi connectivity index (χ1n) is 5.18. The topological polar surface area (TPSA) is 46.2 Å². The van der Waals surface area contributed by atoms with Crippen molar-refractivity contribution >= 4 is 10.0 Å². The van der Waals surface area contributed by atoms with Crippen molar-refractivity contribution < 1.29 is 12.8 Å². The van der Waals surface area contributed by atoms with Gasteiger partial charge in [0, 0.05) is 6.04 Å². The Morgan fingerprint density at radius 1 is 1.31 bits per heavy atom. The first-order valence-corrected chi connectivity index (χ1v) is 7.07. The minimum absolute atomic E-state index is 0.212. The van der Waals surface area contributed by atoms with E-state index >= 15 is 0 Å². The van der Waals surface area contributed by atoms with Gasteiger partial charge in [0.15, 0.2) is 0 Å². The molecular weight excluding hydrogens is 229 g/mol. The van der Waals surface area contributed by atoms with E-state index in [9.17, 15) is 12.8 Å². The van der Waals surface area contributed by atoms with Crippen LogP contribution in [0.4, 0.5) is 4.39 Å². The van der Waals surface area contributed by atoms with Crippen molar-refractivity contribution in [3.63, 3.8) is 0 Å². The molecule has 1 atom stereocenters. The summed E-state index contributed by atoms with van der Waals surface area (Å²) in [6.45, 7) is 0. The molecule has 1 fully saturated rings. The van der Waals surface area contributed by atoms with Crippen molar-refractivity contribution in [2.75, 3.05) is 6.26 Å². The molecule has 0 aliphatic heterocycles. The van der Waals surface area contributed by atoms with Crippen LogP contribution in [0.2, 0.25) is 0 Å². The second-order valence-corrected chi connectivity index (χ2v) is 6.04. The molecule has 1 aromatic rings. The summed E-state index contributed by atoms with van der Waals surface area (Å²) < 4.78 is 37.8. The summed E-state index contributed by atoms with van der Waals surface area (Å²) >= 11 is 0. The van der Waals surface area contributed by atoms with E-state index in [0.717, 1.165) is 24.7 Å². The number of hydrogen-bond acceptors (Lipinski definition) is 2. The fourth-order valence-corrected chi connectivity index (χ4v) is 2.56. The van der Waals surface area contributed by atoms with Gasteiger partial charge in [-0.2, -0.15) is 0 Å². The highest BCUT2D eigenvalue weighted by Crippen LogP contribution is 2.41. The minimum Gasteiger partial charge on any atom is -0.213 e. The molecule has 0 heterocycles. The summed E-state index contributed by atoms with van der Waals surface area (Å²) in [5.74, 6) is 0.0397. The standard InChI is InChI=1S/C11H14FNO2S/c1-16(14,15)13-11(8-2-3-8)9-4-6-10(12)7-5-9/h4-8,11,13H,2-3H2,1H3. The maximum atomic E-state index is 12.8. The van der Waals surface area contributed by atoms with E-state index in [1.54, 1.807) is 12.1 Å². The predicted molar refractivity (Wildman–Crippen MR) is 59.8 cm³/mol. The van der Waals surface area contributed by atoms with Gasteiger partial charge in [-0.25, -0.2) is 17.5 Å². The Bertz CT molecular complexity index is 465. The largest absolute Gasteiger partial charge is 0.213 e. The SMILES string of the molecule is CS(=O)(=O)NC(c1ccc(F)cc1)C1CC1. The average molecular weight is 243 g/mol. The Labute approximate surface area is 94.7 Å². The first kappa shape index (κ1) is 11.5. The predicted octanol–water partition coefficient (Wildman–Crippen LogP) is 1.83. The van der Waals surface area contributed by atoms with E-state index in [1.807, 2.05) is 0 Å². The lowest BCUT2D eigenvalue weighted by molar-refractivity contribution is 0.532. The lowest BCUT2D eigenvalue weighted by Gasteiger charge is -2.17. The maximum absolute atomic E-state index is 12.8. The highest BCUT2D eigenvalue weighted by atomic mass is 32.2. The van der Waals surface area contributed by atoms with Gasteiger partial charge in [-0.05, 0) is 36.5 Å². The summed E-state index contributed by atoms with van der Waals surface area (Å²) in [7, 11) is -3.23. The van der Waals surface area contributed by atoms with Crippen molar-refractivity contribution in [3.8, 4) is 0 Å². The Morgan fingerprint density at radius 3 is 2.31 bits per heavy atom. The van der Waals surface area contributed by atoms with Crippen LogP contribution in [0.5, 0.6) is 0 Å². The first-order chi connectivity index (χ1) is 7.46. The molecule has 0 saturated heterocycles. The molecule has 2 rings (SSSR count). The number of rotatable bonds is 4. The quantitative estimate of drug-likeness (QED) is 0.877. The summed E-state index contributed by atoms with van der Waals surface area (Å²) in [4.78, 5) is 0. The molecule has 16 heavy (non-hydrogen) atoms. The van der Waals surface area contributed by atoms with Gasteiger partial charge in [-0.15, -0.1) is 0 Å². The molecule has 5 heteroatoms. The van der Waals surface area contributed by atoms with Gasteiger partial charge in [0.2, 0.25) is 10.0 Å². The molecular formula is C11H14FNO2S. The maximum Gasteiger partial charge on any atom is 0.209 e. The Balaban J connectivity index is 2.22. The summed E-state index contributed by atoms with van der Waals surface area (Å²) in [6, 6.07) is 5.77. The summed E-state index contributed by atoms with van der Waals surface area (Å²) in [5.41, 5.74) is 0.828. The van der Waals surface area contributed by atoms with E-state index in [4.69, 9.17) is 0 Å². The molecule has 1 aromatic carbocycles. The molecule has 88 valence electrons. The molecule has 0 aromatic heterocycles. The van der Waals surface area contributed by atoms with Crippen molar-refractivity contribution in [1.82, 2.24) is 4.72 Å². The molecule has 1 unspecified atom stereocenters. The molecule has 1 aliphatic rings. The molecule has 1 aliphatic carbocycles. The second kappa shape index (κ2) is 4.14. The molecule has 0 radical (unpaired) electrons. The molecule has 0 spiro atoms. The third kappa shape index (κ3) is 3.02. The van der Waals surface area contributed by atoms with Gasteiger partial charge < -0.3 is 0 Å². The van der Waals surface area contributed by atoms with E-state index in [0.29, 0.717) is 5.92 Å². The lowest BCUT2D eigenvalue weighted by Crippen LogP contribution is -2.28. The van der Waals surface area contributed by atoms with Crippen LogP contribution in [-0.2, 0) is 10.0 Å². The molecule has 0 amide bonds. The number of halogens is 1. The highest BCUT2D eigenvalue weighted by molar-refractivity contribution is 7.88.